The third-order valence-corrected chi connectivity index (χ3v) is 2.29. The van der Waals surface area contributed by atoms with Crippen molar-refractivity contribution in [1.29, 1.82) is 0 Å². The molecule has 3 nitrogen and oxygen atoms in total. The average Bonchev–Trinajstić information content (AvgIpc) is 2.61. The van der Waals surface area contributed by atoms with Gasteiger partial charge in [-0.15, -0.1) is 0 Å². The van der Waals surface area contributed by atoms with E-state index in [0.29, 0.717) is 6.61 Å². The molecule has 0 saturated heterocycles. The highest BCUT2D eigenvalue weighted by Crippen LogP contribution is 2.13. The number of aryl methyl sites for hydroxylation is 2. The largest absolute Gasteiger partial charge is 0.487 e. The van der Waals surface area contributed by atoms with E-state index < -0.39 is 0 Å². The predicted molar refractivity (Wildman–Crippen MR) is 58.7 cm³/mol. The molecular formula is C12H14N2O. The first kappa shape index (κ1) is 9.77. The van der Waals surface area contributed by atoms with Crippen molar-refractivity contribution in [2.75, 3.05) is 0 Å². The van der Waals surface area contributed by atoms with Crippen LogP contribution in [0.15, 0.2) is 36.8 Å². The van der Waals surface area contributed by atoms with Crippen LogP contribution < -0.4 is 4.74 Å². The van der Waals surface area contributed by atoms with Gasteiger partial charge in [0.1, 0.15) is 12.4 Å². The highest BCUT2D eigenvalue weighted by atomic mass is 16.5. The van der Waals surface area contributed by atoms with Crippen LogP contribution >= 0.6 is 0 Å². The number of hydrogen-bond donors (Lipinski definition) is 0. The Labute approximate surface area is 89.3 Å². The molecule has 0 saturated carbocycles. The van der Waals surface area contributed by atoms with Gasteiger partial charge in [0.05, 0.1) is 18.2 Å². The molecule has 0 fully saturated rings. The predicted octanol–water partition coefficient (Wildman–Crippen LogP) is 2.31. The Hall–Kier alpha value is -1.77. The summed E-state index contributed by atoms with van der Waals surface area (Å²) in [6.07, 6.45) is 3.59. The van der Waals surface area contributed by atoms with Crippen LogP contribution in [0.2, 0.25) is 0 Å². The van der Waals surface area contributed by atoms with E-state index in [2.05, 4.69) is 18.0 Å². The Balaban J connectivity index is 2.02. The molecule has 3 heteroatoms. The Bertz CT molecular complexity index is 448. The molecule has 1 aromatic heterocycles. The maximum atomic E-state index is 5.65. The molecular weight excluding hydrogens is 188 g/mol. The highest BCUT2D eigenvalue weighted by Gasteiger charge is 1.99. The molecule has 0 spiro atoms. The van der Waals surface area contributed by atoms with Crippen molar-refractivity contribution in [3.63, 3.8) is 0 Å². The second kappa shape index (κ2) is 4.17. The van der Waals surface area contributed by atoms with Gasteiger partial charge in [0.25, 0.3) is 0 Å². The van der Waals surface area contributed by atoms with Crippen LogP contribution in [0.4, 0.5) is 0 Å². The van der Waals surface area contributed by atoms with Gasteiger partial charge in [0, 0.05) is 7.05 Å². The van der Waals surface area contributed by atoms with Crippen LogP contribution in [-0.4, -0.2) is 9.55 Å². The van der Waals surface area contributed by atoms with Gasteiger partial charge in [-0.2, -0.15) is 0 Å². The fourth-order valence-electron chi connectivity index (χ4n) is 1.39. The molecule has 0 atom stereocenters. The van der Waals surface area contributed by atoms with Gasteiger partial charge < -0.3 is 9.30 Å². The summed E-state index contributed by atoms with van der Waals surface area (Å²) in [6.45, 7) is 2.61. The lowest BCUT2D eigenvalue weighted by Gasteiger charge is -2.06. The van der Waals surface area contributed by atoms with E-state index in [1.165, 1.54) is 5.56 Å². The van der Waals surface area contributed by atoms with Gasteiger partial charge in [-0.05, 0) is 24.6 Å². The fourth-order valence-corrected chi connectivity index (χ4v) is 1.39. The van der Waals surface area contributed by atoms with Crippen LogP contribution in [0, 0.1) is 6.92 Å². The first-order chi connectivity index (χ1) is 7.25. The summed E-state index contributed by atoms with van der Waals surface area (Å²) in [4.78, 5) is 4.03. The smallest absolute Gasteiger partial charge is 0.130 e. The minimum absolute atomic E-state index is 0.556. The molecule has 1 aromatic carbocycles. The summed E-state index contributed by atoms with van der Waals surface area (Å²) in [6, 6.07) is 8.03. The van der Waals surface area contributed by atoms with Gasteiger partial charge in [0.15, 0.2) is 0 Å². The van der Waals surface area contributed by atoms with Crippen molar-refractivity contribution in [2.24, 2.45) is 7.05 Å². The van der Waals surface area contributed by atoms with E-state index >= 15 is 0 Å². The highest BCUT2D eigenvalue weighted by molar-refractivity contribution is 5.27. The number of hydrogen-bond acceptors (Lipinski definition) is 2. The van der Waals surface area contributed by atoms with E-state index in [0.717, 1.165) is 11.4 Å². The molecule has 2 aromatic rings. The molecule has 78 valence electrons. The van der Waals surface area contributed by atoms with Crippen molar-refractivity contribution in [3.05, 3.63) is 48.0 Å². The zero-order chi connectivity index (χ0) is 10.7. The molecule has 0 aliphatic heterocycles. The molecule has 2 rings (SSSR count). The van der Waals surface area contributed by atoms with Crippen LogP contribution in [-0.2, 0) is 13.7 Å². The third kappa shape index (κ3) is 2.37. The summed E-state index contributed by atoms with van der Waals surface area (Å²) in [7, 11) is 1.96. The maximum Gasteiger partial charge on any atom is 0.130 e. The summed E-state index contributed by atoms with van der Waals surface area (Å²) >= 11 is 0. The second-order valence-corrected chi connectivity index (χ2v) is 3.60. The minimum atomic E-state index is 0.556. The summed E-state index contributed by atoms with van der Waals surface area (Å²) in [5, 5.41) is 0. The van der Waals surface area contributed by atoms with Crippen molar-refractivity contribution in [2.45, 2.75) is 13.5 Å². The second-order valence-electron chi connectivity index (χ2n) is 3.60. The maximum absolute atomic E-state index is 5.65. The van der Waals surface area contributed by atoms with E-state index in [1.54, 1.807) is 6.33 Å². The van der Waals surface area contributed by atoms with Crippen LogP contribution in [0.3, 0.4) is 0 Å². The Morgan fingerprint density at radius 3 is 2.93 bits per heavy atom. The third-order valence-electron chi connectivity index (χ3n) is 2.29. The summed E-state index contributed by atoms with van der Waals surface area (Å²) in [5.74, 6) is 0.899. The molecule has 0 amide bonds. The van der Waals surface area contributed by atoms with Gasteiger partial charge in [0.2, 0.25) is 0 Å². The summed E-state index contributed by atoms with van der Waals surface area (Å²) < 4.78 is 7.61. The zero-order valence-electron chi connectivity index (χ0n) is 8.97. The molecule has 1 heterocycles. The SMILES string of the molecule is Cc1cccc(OCc2cncn2C)c1. The van der Waals surface area contributed by atoms with Gasteiger partial charge in [-0.3, -0.25) is 0 Å². The molecule has 0 unspecified atom stereocenters. The first-order valence-electron chi connectivity index (χ1n) is 4.90. The van der Waals surface area contributed by atoms with Gasteiger partial charge >= 0.3 is 0 Å². The topological polar surface area (TPSA) is 27.1 Å². The molecule has 0 radical (unpaired) electrons. The quantitative estimate of drug-likeness (QED) is 0.763. The van der Waals surface area contributed by atoms with Crippen LogP contribution in [0.25, 0.3) is 0 Å². The first-order valence-corrected chi connectivity index (χ1v) is 4.90. The Morgan fingerprint density at radius 2 is 2.27 bits per heavy atom. The van der Waals surface area contributed by atoms with Crippen molar-refractivity contribution in [3.8, 4) is 5.75 Å². The molecule has 0 bridgehead atoms. The Kier molecular flexibility index (Phi) is 2.72. The van der Waals surface area contributed by atoms with E-state index in [1.807, 2.05) is 36.0 Å². The molecule has 0 aliphatic rings. The average molecular weight is 202 g/mol. The van der Waals surface area contributed by atoms with Crippen LogP contribution in [0.5, 0.6) is 5.75 Å². The number of benzene rings is 1. The lowest BCUT2D eigenvalue weighted by atomic mass is 10.2. The number of aromatic nitrogens is 2. The minimum Gasteiger partial charge on any atom is -0.487 e. The molecule has 0 aliphatic carbocycles. The monoisotopic (exact) mass is 202 g/mol. The van der Waals surface area contributed by atoms with Gasteiger partial charge in [-0.1, -0.05) is 12.1 Å². The number of nitrogens with zero attached hydrogens (tertiary/aromatic N) is 2. The van der Waals surface area contributed by atoms with E-state index in [4.69, 9.17) is 4.74 Å². The van der Waals surface area contributed by atoms with Crippen molar-refractivity contribution < 1.29 is 4.74 Å². The summed E-state index contributed by atoms with van der Waals surface area (Å²) in [5.41, 5.74) is 2.27. The number of rotatable bonds is 3. The fraction of sp³-hybridized carbons (Fsp3) is 0.250. The Morgan fingerprint density at radius 1 is 1.40 bits per heavy atom. The number of imidazole rings is 1. The number of ether oxygens (including phenoxy) is 1. The lowest BCUT2D eigenvalue weighted by Crippen LogP contribution is -2.00. The van der Waals surface area contributed by atoms with Gasteiger partial charge in [-0.25, -0.2) is 4.98 Å². The molecule has 0 N–H and O–H groups in total. The van der Waals surface area contributed by atoms with E-state index in [-0.39, 0.29) is 0 Å². The standard InChI is InChI=1S/C12H14N2O/c1-10-4-3-5-12(6-10)15-8-11-7-13-9-14(11)2/h3-7,9H,8H2,1-2H3. The lowest BCUT2D eigenvalue weighted by molar-refractivity contribution is 0.297. The van der Waals surface area contributed by atoms with Crippen LogP contribution in [0.1, 0.15) is 11.3 Å². The zero-order valence-corrected chi connectivity index (χ0v) is 8.97. The van der Waals surface area contributed by atoms with Crippen molar-refractivity contribution >= 4 is 0 Å². The molecule has 15 heavy (non-hydrogen) atoms. The van der Waals surface area contributed by atoms with E-state index in [9.17, 15) is 0 Å². The normalized spacial score (nSPS) is 10.3. The van der Waals surface area contributed by atoms with Crippen molar-refractivity contribution in [1.82, 2.24) is 9.55 Å².